The Morgan fingerprint density at radius 3 is 2.35 bits per heavy atom. The SMILES string of the molecule is CC(C)[C@H](NC(=O)OCc1ccccc1)C(=O)NCc1ccccc1Cl. The molecule has 2 amide bonds. The molecule has 0 saturated heterocycles. The minimum Gasteiger partial charge on any atom is -0.445 e. The second-order valence-electron chi connectivity index (χ2n) is 6.24. The van der Waals surface area contributed by atoms with Crippen LogP contribution in [-0.2, 0) is 22.7 Å². The molecule has 0 aliphatic heterocycles. The summed E-state index contributed by atoms with van der Waals surface area (Å²) in [5.41, 5.74) is 1.70. The van der Waals surface area contributed by atoms with Crippen LogP contribution in [0.15, 0.2) is 54.6 Å². The number of carbonyl (C=O) groups excluding carboxylic acids is 2. The van der Waals surface area contributed by atoms with E-state index in [0.29, 0.717) is 11.6 Å². The van der Waals surface area contributed by atoms with Crippen molar-refractivity contribution in [1.29, 1.82) is 0 Å². The topological polar surface area (TPSA) is 67.4 Å². The summed E-state index contributed by atoms with van der Waals surface area (Å²) in [5.74, 6) is -0.373. The van der Waals surface area contributed by atoms with E-state index in [1.807, 2.05) is 62.4 Å². The molecule has 0 unspecified atom stereocenters. The molecule has 6 heteroatoms. The van der Waals surface area contributed by atoms with Gasteiger partial charge in [0.25, 0.3) is 0 Å². The molecule has 2 aromatic rings. The van der Waals surface area contributed by atoms with Crippen molar-refractivity contribution in [3.8, 4) is 0 Å². The molecule has 0 saturated carbocycles. The fourth-order valence-electron chi connectivity index (χ4n) is 2.36. The highest BCUT2D eigenvalue weighted by Crippen LogP contribution is 2.14. The van der Waals surface area contributed by atoms with Crippen LogP contribution in [0.2, 0.25) is 5.02 Å². The zero-order chi connectivity index (χ0) is 18.9. The van der Waals surface area contributed by atoms with Crippen LogP contribution in [0.3, 0.4) is 0 Å². The van der Waals surface area contributed by atoms with Gasteiger partial charge in [0.2, 0.25) is 5.91 Å². The van der Waals surface area contributed by atoms with E-state index in [9.17, 15) is 9.59 Å². The maximum absolute atomic E-state index is 12.5. The van der Waals surface area contributed by atoms with E-state index in [-0.39, 0.29) is 18.4 Å². The summed E-state index contributed by atoms with van der Waals surface area (Å²) in [7, 11) is 0. The predicted molar refractivity (Wildman–Crippen MR) is 102 cm³/mol. The van der Waals surface area contributed by atoms with Crippen LogP contribution in [0.5, 0.6) is 0 Å². The van der Waals surface area contributed by atoms with Gasteiger partial charge in [-0.2, -0.15) is 0 Å². The number of benzene rings is 2. The molecule has 2 N–H and O–H groups in total. The van der Waals surface area contributed by atoms with Gasteiger partial charge in [-0.3, -0.25) is 4.79 Å². The van der Waals surface area contributed by atoms with Gasteiger partial charge in [0.05, 0.1) is 0 Å². The summed E-state index contributed by atoms with van der Waals surface area (Å²) in [6, 6.07) is 16.0. The largest absolute Gasteiger partial charge is 0.445 e. The van der Waals surface area contributed by atoms with Gasteiger partial charge in [0.15, 0.2) is 0 Å². The van der Waals surface area contributed by atoms with E-state index in [2.05, 4.69) is 10.6 Å². The van der Waals surface area contributed by atoms with Gasteiger partial charge < -0.3 is 15.4 Å². The second kappa shape index (κ2) is 9.82. The molecular weight excluding hydrogens is 352 g/mol. The molecule has 0 bridgehead atoms. The molecule has 0 aliphatic carbocycles. The molecule has 5 nitrogen and oxygen atoms in total. The summed E-state index contributed by atoms with van der Waals surface area (Å²) in [4.78, 5) is 24.5. The summed E-state index contributed by atoms with van der Waals surface area (Å²) < 4.78 is 5.19. The first kappa shape index (κ1) is 19.8. The van der Waals surface area contributed by atoms with Gasteiger partial charge in [-0.1, -0.05) is 74.0 Å². The van der Waals surface area contributed by atoms with Gasteiger partial charge in [-0.05, 0) is 23.1 Å². The van der Waals surface area contributed by atoms with Gasteiger partial charge in [-0.25, -0.2) is 4.79 Å². The molecular formula is C20H23ClN2O3. The lowest BCUT2D eigenvalue weighted by Crippen LogP contribution is -2.49. The quantitative estimate of drug-likeness (QED) is 0.772. The van der Waals surface area contributed by atoms with E-state index in [4.69, 9.17) is 16.3 Å². The number of carbonyl (C=O) groups is 2. The van der Waals surface area contributed by atoms with Crippen LogP contribution in [0.1, 0.15) is 25.0 Å². The highest BCUT2D eigenvalue weighted by atomic mass is 35.5. The molecule has 0 aliphatic rings. The van der Waals surface area contributed by atoms with Gasteiger partial charge >= 0.3 is 6.09 Å². The molecule has 0 spiro atoms. The predicted octanol–water partition coefficient (Wildman–Crippen LogP) is 3.91. The fraction of sp³-hybridized carbons (Fsp3) is 0.300. The standard InChI is InChI=1S/C20H23ClN2O3/c1-14(2)18(19(24)22-12-16-10-6-7-11-17(16)21)23-20(25)26-13-15-8-4-3-5-9-15/h3-11,14,18H,12-13H2,1-2H3,(H,22,24)(H,23,25)/t18-/m0/s1. The molecule has 138 valence electrons. The highest BCUT2D eigenvalue weighted by Gasteiger charge is 2.24. The Balaban J connectivity index is 1.87. The van der Waals surface area contributed by atoms with E-state index in [1.165, 1.54) is 0 Å². The number of hydrogen-bond acceptors (Lipinski definition) is 3. The van der Waals surface area contributed by atoms with Crippen molar-refractivity contribution in [1.82, 2.24) is 10.6 Å². The van der Waals surface area contributed by atoms with Crippen molar-refractivity contribution < 1.29 is 14.3 Å². The maximum atomic E-state index is 12.5. The average molecular weight is 375 g/mol. The summed E-state index contributed by atoms with van der Waals surface area (Å²) in [5, 5.41) is 6.03. The molecule has 26 heavy (non-hydrogen) atoms. The van der Waals surface area contributed by atoms with E-state index in [0.717, 1.165) is 11.1 Å². The Bertz CT molecular complexity index is 735. The number of nitrogens with one attached hydrogen (secondary N) is 2. The summed E-state index contributed by atoms with van der Waals surface area (Å²) >= 11 is 6.09. The number of halogens is 1. The van der Waals surface area contributed by atoms with Gasteiger partial charge in [0.1, 0.15) is 12.6 Å². The fourth-order valence-corrected chi connectivity index (χ4v) is 2.56. The Morgan fingerprint density at radius 2 is 1.69 bits per heavy atom. The number of rotatable bonds is 7. The van der Waals surface area contributed by atoms with Crippen LogP contribution in [-0.4, -0.2) is 18.0 Å². The van der Waals surface area contributed by atoms with Crippen LogP contribution in [0.25, 0.3) is 0 Å². The molecule has 2 aromatic carbocycles. The third-order valence-corrected chi connectivity index (χ3v) is 4.21. The van der Waals surface area contributed by atoms with Crippen LogP contribution < -0.4 is 10.6 Å². The van der Waals surface area contributed by atoms with E-state index >= 15 is 0 Å². The first-order valence-electron chi connectivity index (χ1n) is 8.45. The number of ether oxygens (including phenoxy) is 1. The number of amides is 2. The Hall–Kier alpha value is -2.53. The van der Waals surface area contributed by atoms with Crippen molar-refractivity contribution in [2.24, 2.45) is 5.92 Å². The zero-order valence-corrected chi connectivity index (χ0v) is 15.6. The Morgan fingerprint density at radius 1 is 1.04 bits per heavy atom. The van der Waals surface area contributed by atoms with Gasteiger partial charge in [0, 0.05) is 11.6 Å². The van der Waals surface area contributed by atoms with E-state index < -0.39 is 12.1 Å². The maximum Gasteiger partial charge on any atom is 0.408 e. The lowest BCUT2D eigenvalue weighted by atomic mass is 10.0. The molecule has 0 radical (unpaired) electrons. The minimum atomic E-state index is -0.694. The lowest BCUT2D eigenvalue weighted by Gasteiger charge is -2.21. The third-order valence-electron chi connectivity index (χ3n) is 3.85. The highest BCUT2D eigenvalue weighted by molar-refractivity contribution is 6.31. The van der Waals surface area contributed by atoms with Gasteiger partial charge in [-0.15, -0.1) is 0 Å². The number of hydrogen-bond donors (Lipinski definition) is 2. The Kier molecular flexibility index (Phi) is 7.48. The van der Waals surface area contributed by atoms with Crippen molar-refractivity contribution in [2.45, 2.75) is 33.0 Å². The van der Waals surface area contributed by atoms with Crippen LogP contribution in [0, 0.1) is 5.92 Å². The van der Waals surface area contributed by atoms with Crippen molar-refractivity contribution >= 4 is 23.6 Å². The molecule has 0 fully saturated rings. The van der Waals surface area contributed by atoms with Crippen molar-refractivity contribution in [3.63, 3.8) is 0 Å². The van der Waals surface area contributed by atoms with Crippen molar-refractivity contribution in [3.05, 3.63) is 70.7 Å². The second-order valence-corrected chi connectivity index (χ2v) is 6.64. The molecule has 2 rings (SSSR count). The molecule has 0 heterocycles. The third kappa shape index (κ3) is 6.08. The average Bonchev–Trinajstić information content (AvgIpc) is 2.64. The van der Waals surface area contributed by atoms with Crippen molar-refractivity contribution in [2.75, 3.05) is 0 Å². The summed E-state index contributed by atoms with van der Waals surface area (Å²) in [6.45, 7) is 4.16. The zero-order valence-electron chi connectivity index (χ0n) is 14.9. The van der Waals surface area contributed by atoms with Crippen LogP contribution in [0.4, 0.5) is 4.79 Å². The van der Waals surface area contributed by atoms with E-state index in [1.54, 1.807) is 6.07 Å². The molecule has 1 atom stereocenters. The minimum absolute atomic E-state index is 0.0921. The monoisotopic (exact) mass is 374 g/mol. The number of alkyl carbamates (subject to hydrolysis) is 1. The van der Waals surface area contributed by atoms with Crippen LogP contribution >= 0.6 is 11.6 Å². The summed E-state index contributed by atoms with van der Waals surface area (Å²) in [6.07, 6.45) is -0.625. The lowest BCUT2D eigenvalue weighted by molar-refractivity contribution is -0.124. The first-order chi connectivity index (χ1) is 12.5. The first-order valence-corrected chi connectivity index (χ1v) is 8.83. The smallest absolute Gasteiger partial charge is 0.408 e. The normalized spacial score (nSPS) is 11.7. The molecule has 0 aromatic heterocycles. The Labute approximate surface area is 158 Å².